The number of amides is 1. The SMILES string of the molecule is O=C(COc1cccc(-c2noc(-c3ccco3)n2)c1)NCc1ccccc1. The topological polar surface area (TPSA) is 90.4 Å². The van der Waals surface area contributed by atoms with Gasteiger partial charge in [-0.05, 0) is 29.8 Å². The van der Waals surface area contributed by atoms with Gasteiger partial charge in [0.25, 0.3) is 11.8 Å². The van der Waals surface area contributed by atoms with Gasteiger partial charge in [-0.3, -0.25) is 4.79 Å². The van der Waals surface area contributed by atoms with Crippen LogP contribution >= 0.6 is 0 Å². The molecule has 0 fully saturated rings. The lowest BCUT2D eigenvalue weighted by atomic mass is 10.2. The smallest absolute Gasteiger partial charge is 0.293 e. The summed E-state index contributed by atoms with van der Waals surface area (Å²) in [5.41, 5.74) is 1.74. The molecule has 4 rings (SSSR count). The summed E-state index contributed by atoms with van der Waals surface area (Å²) in [6, 6.07) is 20.3. The van der Waals surface area contributed by atoms with Gasteiger partial charge in [-0.1, -0.05) is 47.6 Å². The highest BCUT2D eigenvalue weighted by Crippen LogP contribution is 2.25. The summed E-state index contributed by atoms with van der Waals surface area (Å²) < 4.78 is 16.0. The molecule has 0 aliphatic heterocycles. The van der Waals surface area contributed by atoms with Crippen LogP contribution in [0.4, 0.5) is 0 Å². The monoisotopic (exact) mass is 375 g/mol. The van der Waals surface area contributed by atoms with Crippen LogP contribution in [0.25, 0.3) is 23.0 Å². The first-order valence-electron chi connectivity index (χ1n) is 8.69. The molecule has 1 N–H and O–H groups in total. The van der Waals surface area contributed by atoms with Crippen molar-refractivity contribution in [1.29, 1.82) is 0 Å². The molecule has 2 heterocycles. The van der Waals surface area contributed by atoms with Crippen LogP contribution < -0.4 is 10.1 Å². The molecular formula is C21H17N3O4. The van der Waals surface area contributed by atoms with Crippen LogP contribution in [0.2, 0.25) is 0 Å². The fraction of sp³-hybridized carbons (Fsp3) is 0.0952. The molecule has 4 aromatic rings. The predicted molar refractivity (Wildman–Crippen MR) is 101 cm³/mol. The van der Waals surface area contributed by atoms with Crippen LogP contribution in [-0.4, -0.2) is 22.7 Å². The molecule has 7 heteroatoms. The minimum atomic E-state index is -0.200. The van der Waals surface area contributed by atoms with Gasteiger partial charge in [-0.2, -0.15) is 4.98 Å². The Hall–Kier alpha value is -3.87. The summed E-state index contributed by atoms with van der Waals surface area (Å²) in [5.74, 6) is 1.55. The Labute approximate surface area is 161 Å². The molecule has 0 aliphatic rings. The Morgan fingerprint density at radius 1 is 1.04 bits per heavy atom. The van der Waals surface area contributed by atoms with Crippen molar-refractivity contribution in [2.75, 3.05) is 6.61 Å². The lowest BCUT2D eigenvalue weighted by molar-refractivity contribution is -0.123. The second kappa shape index (κ2) is 8.22. The van der Waals surface area contributed by atoms with Crippen molar-refractivity contribution in [1.82, 2.24) is 15.5 Å². The average Bonchev–Trinajstić information content (AvgIpc) is 3.43. The van der Waals surface area contributed by atoms with E-state index in [1.54, 1.807) is 30.3 Å². The minimum Gasteiger partial charge on any atom is -0.484 e. The molecule has 2 aromatic carbocycles. The van der Waals surface area contributed by atoms with E-state index in [9.17, 15) is 4.79 Å². The second-order valence-electron chi connectivity index (χ2n) is 5.98. The molecule has 0 saturated heterocycles. The number of carbonyl (C=O) groups is 1. The quantitative estimate of drug-likeness (QED) is 0.530. The lowest BCUT2D eigenvalue weighted by Gasteiger charge is -2.08. The Kier molecular flexibility index (Phi) is 5.15. The second-order valence-corrected chi connectivity index (χ2v) is 5.98. The molecule has 2 aromatic heterocycles. The van der Waals surface area contributed by atoms with E-state index in [1.165, 1.54) is 6.26 Å². The van der Waals surface area contributed by atoms with Gasteiger partial charge in [0.2, 0.25) is 5.82 Å². The maximum atomic E-state index is 12.0. The van der Waals surface area contributed by atoms with Crippen molar-refractivity contribution in [3.05, 3.63) is 78.6 Å². The van der Waals surface area contributed by atoms with Gasteiger partial charge in [0.15, 0.2) is 12.4 Å². The summed E-state index contributed by atoms with van der Waals surface area (Å²) in [6.07, 6.45) is 1.54. The van der Waals surface area contributed by atoms with Gasteiger partial charge in [-0.15, -0.1) is 0 Å². The first-order chi connectivity index (χ1) is 13.8. The summed E-state index contributed by atoms with van der Waals surface area (Å²) in [6.45, 7) is 0.377. The number of aromatic nitrogens is 2. The summed E-state index contributed by atoms with van der Waals surface area (Å²) >= 11 is 0. The average molecular weight is 375 g/mol. The third-order valence-electron chi connectivity index (χ3n) is 3.95. The third-order valence-corrected chi connectivity index (χ3v) is 3.95. The standard InChI is InChI=1S/C21H17N3O4/c25-19(22-13-15-6-2-1-3-7-15)14-27-17-9-4-8-16(12-17)20-23-21(28-24-20)18-10-5-11-26-18/h1-12H,13-14H2,(H,22,25). The molecule has 0 radical (unpaired) electrons. The molecule has 0 bridgehead atoms. The number of nitrogens with one attached hydrogen (secondary N) is 1. The summed E-state index contributed by atoms with van der Waals surface area (Å²) in [7, 11) is 0. The molecular weight excluding hydrogens is 358 g/mol. The van der Waals surface area contributed by atoms with Crippen LogP contribution in [0.3, 0.4) is 0 Å². The number of rotatable bonds is 7. The molecule has 0 saturated carbocycles. The molecule has 7 nitrogen and oxygen atoms in total. The number of hydrogen-bond acceptors (Lipinski definition) is 6. The van der Waals surface area contributed by atoms with Crippen LogP contribution in [0, 0.1) is 0 Å². The summed E-state index contributed by atoms with van der Waals surface area (Å²) in [4.78, 5) is 16.3. The van der Waals surface area contributed by atoms with Crippen molar-refractivity contribution in [2.45, 2.75) is 6.54 Å². The molecule has 28 heavy (non-hydrogen) atoms. The van der Waals surface area contributed by atoms with Gasteiger partial charge in [0, 0.05) is 12.1 Å². The third kappa shape index (κ3) is 4.27. The number of hydrogen-bond donors (Lipinski definition) is 1. The van der Waals surface area contributed by atoms with Crippen molar-refractivity contribution >= 4 is 5.91 Å². The number of nitrogens with zero attached hydrogens (tertiary/aromatic N) is 2. The highest BCUT2D eigenvalue weighted by Gasteiger charge is 2.13. The van der Waals surface area contributed by atoms with Gasteiger partial charge in [-0.25, -0.2) is 0 Å². The Morgan fingerprint density at radius 2 is 1.93 bits per heavy atom. The zero-order chi connectivity index (χ0) is 19.2. The van der Waals surface area contributed by atoms with Crippen LogP contribution in [0.5, 0.6) is 5.75 Å². The molecule has 0 aliphatic carbocycles. The fourth-order valence-corrected chi connectivity index (χ4v) is 2.56. The normalized spacial score (nSPS) is 10.6. The number of furan rings is 1. The van der Waals surface area contributed by atoms with Crippen molar-refractivity contribution in [3.8, 4) is 28.8 Å². The van der Waals surface area contributed by atoms with E-state index < -0.39 is 0 Å². The van der Waals surface area contributed by atoms with Crippen LogP contribution in [0.1, 0.15) is 5.56 Å². The van der Waals surface area contributed by atoms with E-state index in [0.717, 1.165) is 5.56 Å². The highest BCUT2D eigenvalue weighted by atomic mass is 16.5. The molecule has 0 spiro atoms. The maximum Gasteiger partial charge on any atom is 0.293 e. The Morgan fingerprint density at radius 3 is 2.75 bits per heavy atom. The number of ether oxygens (including phenoxy) is 1. The zero-order valence-corrected chi connectivity index (χ0v) is 14.9. The molecule has 140 valence electrons. The van der Waals surface area contributed by atoms with Gasteiger partial charge >= 0.3 is 0 Å². The Bertz CT molecular complexity index is 1040. The number of carbonyl (C=O) groups excluding carboxylic acids is 1. The molecule has 0 unspecified atom stereocenters. The van der Waals surface area contributed by atoms with Crippen molar-refractivity contribution in [3.63, 3.8) is 0 Å². The molecule has 0 atom stereocenters. The van der Waals surface area contributed by atoms with Gasteiger partial charge in [0.1, 0.15) is 5.75 Å². The van der Waals surface area contributed by atoms with E-state index >= 15 is 0 Å². The predicted octanol–water partition coefficient (Wildman–Crippen LogP) is 3.69. The van der Waals surface area contributed by atoms with Gasteiger partial charge in [0.05, 0.1) is 6.26 Å². The van der Waals surface area contributed by atoms with E-state index in [4.69, 9.17) is 13.7 Å². The zero-order valence-electron chi connectivity index (χ0n) is 14.9. The van der Waals surface area contributed by atoms with E-state index in [-0.39, 0.29) is 12.5 Å². The van der Waals surface area contributed by atoms with E-state index in [2.05, 4.69) is 15.5 Å². The van der Waals surface area contributed by atoms with E-state index in [0.29, 0.717) is 35.3 Å². The minimum absolute atomic E-state index is 0.0832. The first kappa shape index (κ1) is 17.5. The van der Waals surface area contributed by atoms with Crippen LogP contribution in [0.15, 0.2) is 81.9 Å². The first-order valence-corrected chi connectivity index (χ1v) is 8.69. The highest BCUT2D eigenvalue weighted by molar-refractivity contribution is 5.77. The van der Waals surface area contributed by atoms with Gasteiger partial charge < -0.3 is 19.0 Å². The van der Waals surface area contributed by atoms with E-state index in [1.807, 2.05) is 36.4 Å². The summed E-state index contributed by atoms with van der Waals surface area (Å²) in [5, 5.41) is 6.78. The van der Waals surface area contributed by atoms with Crippen molar-refractivity contribution < 1.29 is 18.5 Å². The maximum absolute atomic E-state index is 12.0. The fourth-order valence-electron chi connectivity index (χ4n) is 2.56. The number of benzene rings is 2. The molecule has 1 amide bonds. The largest absolute Gasteiger partial charge is 0.484 e. The van der Waals surface area contributed by atoms with Crippen molar-refractivity contribution in [2.24, 2.45) is 0 Å². The van der Waals surface area contributed by atoms with Crippen LogP contribution in [-0.2, 0) is 11.3 Å². The lowest BCUT2D eigenvalue weighted by Crippen LogP contribution is -2.28. The Balaban J connectivity index is 1.35.